The molecule has 1 aromatic rings. The average Bonchev–Trinajstić information content (AvgIpc) is 2.08. The second-order valence-corrected chi connectivity index (χ2v) is 3.31. The van der Waals surface area contributed by atoms with Crippen molar-refractivity contribution in [3.63, 3.8) is 0 Å². The van der Waals surface area contributed by atoms with Crippen LogP contribution in [0.1, 0.15) is 5.56 Å². The van der Waals surface area contributed by atoms with Gasteiger partial charge in [0.15, 0.2) is 0 Å². The van der Waals surface area contributed by atoms with Crippen molar-refractivity contribution < 1.29 is 9.47 Å². The largest absolute Gasteiger partial charge is 0.496 e. The van der Waals surface area contributed by atoms with E-state index >= 15 is 0 Å². The van der Waals surface area contributed by atoms with Crippen molar-refractivity contribution in [3.05, 3.63) is 22.2 Å². The Kier molecular flexibility index (Phi) is 2.98. The predicted octanol–water partition coefficient (Wildman–Crippen LogP) is 2.77. The smallest absolute Gasteiger partial charge is 0.133 e. The first-order valence-corrected chi connectivity index (χ1v) is 4.36. The van der Waals surface area contributed by atoms with Crippen LogP contribution in [0.5, 0.6) is 11.5 Å². The van der Waals surface area contributed by atoms with Gasteiger partial charge in [-0.1, -0.05) is 0 Å². The van der Waals surface area contributed by atoms with E-state index in [9.17, 15) is 0 Å². The summed E-state index contributed by atoms with van der Waals surface area (Å²) in [4.78, 5) is 0. The van der Waals surface area contributed by atoms with Crippen LogP contribution < -0.4 is 9.47 Å². The Hall–Kier alpha value is -0.700. The van der Waals surface area contributed by atoms with Crippen LogP contribution in [0.15, 0.2) is 16.6 Å². The lowest BCUT2D eigenvalue weighted by atomic mass is 10.2. The van der Waals surface area contributed by atoms with Crippen LogP contribution in [0.2, 0.25) is 0 Å². The van der Waals surface area contributed by atoms with Crippen molar-refractivity contribution in [1.29, 1.82) is 0 Å². The molecule has 0 amide bonds. The van der Waals surface area contributed by atoms with Gasteiger partial charge in [-0.3, -0.25) is 0 Å². The topological polar surface area (TPSA) is 18.5 Å². The van der Waals surface area contributed by atoms with Gasteiger partial charge < -0.3 is 9.47 Å². The fourth-order valence-corrected chi connectivity index (χ4v) is 1.50. The summed E-state index contributed by atoms with van der Waals surface area (Å²) in [5.41, 5.74) is 1.07. The highest BCUT2D eigenvalue weighted by atomic mass is 79.9. The monoisotopic (exact) mass is 230 g/mol. The van der Waals surface area contributed by atoms with E-state index in [0.717, 1.165) is 21.5 Å². The third-order valence-corrected chi connectivity index (χ3v) is 2.29. The number of rotatable bonds is 2. The SMILES string of the molecule is COc1cc(Br)c(OC)cc1C. The Balaban J connectivity index is 3.16. The molecule has 0 saturated carbocycles. The Morgan fingerprint density at radius 1 is 1.08 bits per heavy atom. The molecule has 0 radical (unpaired) electrons. The van der Waals surface area contributed by atoms with Crippen LogP contribution in [-0.2, 0) is 0 Å². The quantitative estimate of drug-likeness (QED) is 0.779. The highest BCUT2D eigenvalue weighted by molar-refractivity contribution is 9.10. The normalized spacial score (nSPS) is 9.67. The number of ether oxygens (including phenoxy) is 2. The van der Waals surface area contributed by atoms with E-state index in [1.807, 2.05) is 19.1 Å². The lowest BCUT2D eigenvalue weighted by Gasteiger charge is -2.08. The number of hydrogen-bond donors (Lipinski definition) is 0. The molecule has 0 atom stereocenters. The molecule has 3 heteroatoms. The molecule has 0 unspecified atom stereocenters. The average molecular weight is 231 g/mol. The minimum absolute atomic E-state index is 0.827. The zero-order valence-corrected chi connectivity index (χ0v) is 8.94. The molecule has 66 valence electrons. The summed E-state index contributed by atoms with van der Waals surface area (Å²) < 4.78 is 11.2. The van der Waals surface area contributed by atoms with Crippen molar-refractivity contribution in [2.75, 3.05) is 14.2 Å². The molecular formula is C9H11BrO2. The molecule has 2 nitrogen and oxygen atoms in total. The molecule has 0 heterocycles. The fraction of sp³-hybridized carbons (Fsp3) is 0.333. The summed E-state index contributed by atoms with van der Waals surface area (Å²) in [6.45, 7) is 1.98. The summed E-state index contributed by atoms with van der Waals surface area (Å²) in [5, 5.41) is 0. The number of hydrogen-bond acceptors (Lipinski definition) is 2. The van der Waals surface area contributed by atoms with Crippen molar-refractivity contribution in [2.45, 2.75) is 6.92 Å². The van der Waals surface area contributed by atoms with Crippen LogP contribution in [0, 0.1) is 6.92 Å². The second kappa shape index (κ2) is 3.81. The lowest BCUT2D eigenvalue weighted by Crippen LogP contribution is -1.90. The van der Waals surface area contributed by atoms with Gasteiger partial charge in [0.25, 0.3) is 0 Å². The number of benzene rings is 1. The van der Waals surface area contributed by atoms with Crippen molar-refractivity contribution >= 4 is 15.9 Å². The minimum Gasteiger partial charge on any atom is -0.496 e. The van der Waals surface area contributed by atoms with E-state index < -0.39 is 0 Å². The summed E-state index contributed by atoms with van der Waals surface area (Å²) >= 11 is 3.38. The van der Waals surface area contributed by atoms with Crippen LogP contribution in [-0.4, -0.2) is 14.2 Å². The fourth-order valence-electron chi connectivity index (χ4n) is 1.01. The maximum atomic E-state index is 5.14. The van der Waals surface area contributed by atoms with Gasteiger partial charge in [-0.25, -0.2) is 0 Å². The van der Waals surface area contributed by atoms with Gasteiger partial charge in [0.05, 0.1) is 18.7 Å². The predicted molar refractivity (Wildman–Crippen MR) is 52.0 cm³/mol. The highest BCUT2D eigenvalue weighted by Gasteiger charge is 2.04. The summed E-state index contributed by atoms with van der Waals surface area (Å²) in [6.07, 6.45) is 0. The Labute approximate surface area is 80.6 Å². The molecule has 12 heavy (non-hydrogen) atoms. The molecular weight excluding hydrogens is 220 g/mol. The van der Waals surface area contributed by atoms with Crippen LogP contribution in [0.25, 0.3) is 0 Å². The van der Waals surface area contributed by atoms with Crippen molar-refractivity contribution in [3.8, 4) is 11.5 Å². The van der Waals surface area contributed by atoms with Crippen molar-refractivity contribution in [2.24, 2.45) is 0 Å². The molecule has 0 saturated heterocycles. The highest BCUT2D eigenvalue weighted by Crippen LogP contribution is 2.31. The number of halogens is 1. The van der Waals surface area contributed by atoms with E-state index in [4.69, 9.17) is 9.47 Å². The molecule has 0 N–H and O–H groups in total. The van der Waals surface area contributed by atoms with Crippen LogP contribution >= 0.6 is 15.9 Å². The summed E-state index contributed by atoms with van der Waals surface area (Å²) in [7, 11) is 3.30. The van der Waals surface area contributed by atoms with Crippen molar-refractivity contribution in [1.82, 2.24) is 0 Å². The molecule has 0 aliphatic carbocycles. The molecule has 0 fully saturated rings. The zero-order valence-electron chi connectivity index (χ0n) is 7.35. The molecule has 0 aliphatic rings. The van der Waals surface area contributed by atoms with E-state index in [0.29, 0.717) is 0 Å². The van der Waals surface area contributed by atoms with E-state index in [2.05, 4.69) is 15.9 Å². The van der Waals surface area contributed by atoms with Gasteiger partial charge in [0, 0.05) is 0 Å². The van der Waals surface area contributed by atoms with E-state index in [1.165, 1.54) is 0 Å². The van der Waals surface area contributed by atoms with Gasteiger partial charge in [0.1, 0.15) is 11.5 Å². The standard InChI is InChI=1S/C9H11BrO2/c1-6-4-9(12-3)7(10)5-8(6)11-2/h4-5H,1-3H3. The molecule has 0 aliphatic heterocycles. The Morgan fingerprint density at radius 3 is 2.17 bits per heavy atom. The van der Waals surface area contributed by atoms with Gasteiger partial charge in [-0.05, 0) is 40.5 Å². The first-order valence-electron chi connectivity index (χ1n) is 3.57. The summed E-state index contributed by atoms with van der Waals surface area (Å²) in [6, 6.07) is 3.83. The first-order chi connectivity index (χ1) is 5.69. The van der Waals surface area contributed by atoms with Gasteiger partial charge in [-0.2, -0.15) is 0 Å². The second-order valence-electron chi connectivity index (χ2n) is 2.46. The van der Waals surface area contributed by atoms with Gasteiger partial charge in [-0.15, -0.1) is 0 Å². The minimum atomic E-state index is 0.827. The molecule has 1 rings (SSSR count). The maximum absolute atomic E-state index is 5.14. The Bertz CT molecular complexity index is 254. The molecule has 0 aromatic heterocycles. The third kappa shape index (κ3) is 1.72. The first kappa shape index (κ1) is 9.39. The molecule has 0 spiro atoms. The maximum Gasteiger partial charge on any atom is 0.133 e. The number of aryl methyl sites for hydroxylation is 1. The third-order valence-electron chi connectivity index (χ3n) is 1.67. The summed E-state index contributed by atoms with van der Waals surface area (Å²) in [5.74, 6) is 1.69. The Morgan fingerprint density at radius 2 is 1.67 bits per heavy atom. The van der Waals surface area contributed by atoms with E-state index in [-0.39, 0.29) is 0 Å². The lowest BCUT2D eigenvalue weighted by molar-refractivity contribution is 0.398. The van der Waals surface area contributed by atoms with E-state index in [1.54, 1.807) is 14.2 Å². The van der Waals surface area contributed by atoms with Crippen LogP contribution in [0.4, 0.5) is 0 Å². The molecule has 0 bridgehead atoms. The van der Waals surface area contributed by atoms with Crippen LogP contribution in [0.3, 0.4) is 0 Å². The molecule has 1 aromatic carbocycles. The van der Waals surface area contributed by atoms with Gasteiger partial charge >= 0.3 is 0 Å². The van der Waals surface area contributed by atoms with Gasteiger partial charge in [0.2, 0.25) is 0 Å². The zero-order chi connectivity index (χ0) is 9.14. The number of methoxy groups -OCH3 is 2.